The second kappa shape index (κ2) is 11.6. The van der Waals surface area contributed by atoms with Crippen LogP contribution in [0.2, 0.25) is 0 Å². The first-order valence-electron chi connectivity index (χ1n) is 16.7. The predicted molar refractivity (Wildman–Crippen MR) is 209 cm³/mol. The molecule has 0 amide bonds. The van der Waals surface area contributed by atoms with Crippen molar-refractivity contribution in [1.29, 1.82) is 0 Å². The van der Waals surface area contributed by atoms with Crippen LogP contribution in [0.25, 0.3) is 93.0 Å². The van der Waals surface area contributed by atoms with Crippen LogP contribution < -0.4 is 0 Å². The summed E-state index contributed by atoms with van der Waals surface area (Å²) in [5.41, 5.74) is 8.79. The van der Waals surface area contributed by atoms with Crippen LogP contribution in [0.3, 0.4) is 0 Å². The number of rotatable bonds is 5. The lowest BCUT2D eigenvalue weighted by molar-refractivity contribution is 1.07. The standard InChI is InChI=1S/C45H28N4S/c1-4-14-29(15-5-1)36-28-39-41(35-21-11-13-23-38(35)50-39)42-40(36)34-20-10-12-22-37(34)49(42)33-26-24-32(25-27-33)45-47-43(30-16-6-2-7-17-30)46-44(48-45)31-18-8-3-9-19-31/h1-28H. The Balaban J connectivity index is 1.22. The molecule has 0 aliphatic heterocycles. The zero-order valence-electron chi connectivity index (χ0n) is 26.9. The van der Waals surface area contributed by atoms with Crippen molar-refractivity contribution < 1.29 is 0 Å². The van der Waals surface area contributed by atoms with Crippen molar-refractivity contribution in [2.45, 2.75) is 0 Å². The first-order valence-corrected chi connectivity index (χ1v) is 17.5. The Kier molecular flexibility index (Phi) is 6.64. The highest BCUT2D eigenvalue weighted by molar-refractivity contribution is 7.26. The van der Waals surface area contributed by atoms with E-state index in [0.29, 0.717) is 17.5 Å². The summed E-state index contributed by atoms with van der Waals surface area (Å²) < 4.78 is 5.02. The lowest BCUT2D eigenvalue weighted by Crippen LogP contribution is -2.00. The number of thiophene rings is 1. The van der Waals surface area contributed by atoms with Crippen LogP contribution in [0, 0.1) is 0 Å². The molecule has 0 spiro atoms. The van der Waals surface area contributed by atoms with Gasteiger partial charge < -0.3 is 4.57 Å². The van der Waals surface area contributed by atoms with Crippen molar-refractivity contribution in [1.82, 2.24) is 19.5 Å². The molecular weight excluding hydrogens is 629 g/mol. The van der Waals surface area contributed by atoms with Gasteiger partial charge in [0.05, 0.1) is 11.0 Å². The fourth-order valence-electron chi connectivity index (χ4n) is 7.17. The number of fused-ring (bicyclic) bond motifs is 7. The first-order chi connectivity index (χ1) is 24.8. The molecule has 50 heavy (non-hydrogen) atoms. The number of para-hydroxylation sites is 1. The van der Waals surface area contributed by atoms with E-state index in [1.54, 1.807) is 0 Å². The molecule has 0 N–H and O–H groups in total. The fourth-order valence-corrected chi connectivity index (χ4v) is 8.32. The maximum absolute atomic E-state index is 4.98. The normalized spacial score (nSPS) is 11.6. The minimum atomic E-state index is 0.643. The average molecular weight is 657 g/mol. The second-order valence-corrected chi connectivity index (χ2v) is 13.5. The summed E-state index contributed by atoms with van der Waals surface area (Å²) in [4.78, 5) is 14.8. The molecule has 0 aliphatic rings. The quantitative estimate of drug-likeness (QED) is 0.185. The topological polar surface area (TPSA) is 43.6 Å². The van der Waals surface area contributed by atoms with E-state index in [2.05, 4.69) is 114 Å². The van der Waals surface area contributed by atoms with Crippen LogP contribution in [0.4, 0.5) is 0 Å². The molecule has 10 rings (SSSR count). The number of aromatic nitrogens is 4. The van der Waals surface area contributed by atoms with Gasteiger partial charge in [0.15, 0.2) is 17.5 Å². The SMILES string of the molecule is c1ccc(-c2nc(-c3ccccc3)nc(-c3ccc(-n4c5ccccc5c5c(-c6ccccc6)cc6sc7ccccc7c6c54)cc3)n2)cc1. The van der Waals surface area contributed by atoms with Crippen LogP contribution in [-0.2, 0) is 0 Å². The number of nitrogens with zero attached hydrogens (tertiary/aromatic N) is 4. The van der Waals surface area contributed by atoms with E-state index in [1.807, 2.05) is 72.0 Å². The van der Waals surface area contributed by atoms with Crippen molar-refractivity contribution in [2.24, 2.45) is 0 Å². The number of hydrogen-bond donors (Lipinski definition) is 0. The van der Waals surface area contributed by atoms with Gasteiger partial charge in [-0.15, -0.1) is 11.3 Å². The number of hydrogen-bond acceptors (Lipinski definition) is 4. The Morgan fingerprint density at radius 3 is 1.52 bits per heavy atom. The number of benzene rings is 7. The van der Waals surface area contributed by atoms with Gasteiger partial charge in [-0.1, -0.05) is 127 Å². The highest BCUT2D eigenvalue weighted by Gasteiger charge is 2.22. The molecular formula is C45H28N4S. The Hall–Kier alpha value is -6.43. The van der Waals surface area contributed by atoms with Gasteiger partial charge in [0.25, 0.3) is 0 Å². The summed E-state index contributed by atoms with van der Waals surface area (Å²) in [6.45, 7) is 0. The zero-order chi connectivity index (χ0) is 33.0. The Labute approximate surface area is 292 Å². The average Bonchev–Trinajstić information content (AvgIpc) is 3.74. The van der Waals surface area contributed by atoms with Crippen molar-refractivity contribution in [2.75, 3.05) is 0 Å². The van der Waals surface area contributed by atoms with E-state index in [9.17, 15) is 0 Å². The van der Waals surface area contributed by atoms with Gasteiger partial charge in [-0.3, -0.25) is 0 Å². The largest absolute Gasteiger partial charge is 0.309 e. The maximum Gasteiger partial charge on any atom is 0.164 e. The summed E-state index contributed by atoms with van der Waals surface area (Å²) >= 11 is 1.86. The first kappa shape index (κ1) is 28.6. The van der Waals surface area contributed by atoms with E-state index in [-0.39, 0.29) is 0 Å². The van der Waals surface area contributed by atoms with Crippen LogP contribution in [-0.4, -0.2) is 19.5 Å². The molecule has 3 heterocycles. The molecule has 5 heteroatoms. The third-order valence-electron chi connectivity index (χ3n) is 9.45. The van der Waals surface area contributed by atoms with Gasteiger partial charge in [0, 0.05) is 53.3 Å². The monoisotopic (exact) mass is 656 g/mol. The zero-order valence-corrected chi connectivity index (χ0v) is 27.7. The molecule has 0 unspecified atom stereocenters. The van der Waals surface area contributed by atoms with E-state index in [0.717, 1.165) is 22.4 Å². The van der Waals surface area contributed by atoms with Gasteiger partial charge in [0.2, 0.25) is 0 Å². The Morgan fingerprint density at radius 2 is 0.900 bits per heavy atom. The third kappa shape index (κ3) is 4.63. The summed E-state index contributed by atoms with van der Waals surface area (Å²) in [6, 6.07) is 59.6. The predicted octanol–water partition coefficient (Wildman–Crippen LogP) is 12.0. The molecule has 0 bridgehead atoms. The summed E-state index contributed by atoms with van der Waals surface area (Å²) in [6.07, 6.45) is 0. The molecule has 234 valence electrons. The molecule has 3 aromatic heterocycles. The molecule has 0 saturated carbocycles. The van der Waals surface area contributed by atoms with Crippen molar-refractivity contribution in [3.63, 3.8) is 0 Å². The smallest absolute Gasteiger partial charge is 0.164 e. The van der Waals surface area contributed by atoms with Gasteiger partial charge in [-0.05, 0) is 53.6 Å². The molecule has 0 saturated heterocycles. The van der Waals surface area contributed by atoms with E-state index >= 15 is 0 Å². The van der Waals surface area contributed by atoms with Crippen LogP contribution >= 0.6 is 11.3 Å². The van der Waals surface area contributed by atoms with Crippen molar-refractivity contribution in [3.05, 3.63) is 170 Å². The summed E-state index contributed by atoms with van der Waals surface area (Å²) in [5, 5.41) is 5.08. The van der Waals surface area contributed by atoms with Crippen LogP contribution in [0.15, 0.2) is 170 Å². The summed E-state index contributed by atoms with van der Waals surface area (Å²) in [5.74, 6) is 1.95. The fraction of sp³-hybridized carbons (Fsp3) is 0. The molecule has 7 aromatic carbocycles. The molecule has 0 atom stereocenters. The van der Waals surface area contributed by atoms with Gasteiger partial charge in [-0.25, -0.2) is 15.0 Å². The maximum atomic E-state index is 4.98. The lowest BCUT2D eigenvalue weighted by atomic mass is 9.97. The lowest BCUT2D eigenvalue weighted by Gasteiger charge is -2.12. The molecule has 10 aromatic rings. The highest BCUT2D eigenvalue weighted by atomic mass is 32.1. The van der Waals surface area contributed by atoms with Gasteiger partial charge in [0.1, 0.15) is 0 Å². The van der Waals surface area contributed by atoms with E-state index in [4.69, 9.17) is 15.0 Å². The molecule has 0 radical (unpaired) electrons. The molecule has 0 aliphatic carbocycles. The van der Waals surface area contributed by atoms with Crippen LogP contribution in [0.5, 0.6) is 0 Å². The van der Waals surface area contributed by atoms with Crippen molar-refractivity contribution in [3.8, 4) is 51.0 Å². The Bertz CT molecular complexity index is 2780. The summed E-state index contributed by atoms with van der Waals surface area (Å²) in [7, 11) is 0. The minimum Gasteiger partial charge on any atom is -0.309 e. The molecule has 0 fully saturated rings. The minimum absolute atomic E-state index is 0.643. The van der Waals surface area contributed by atoms with Crippen LogP contribution in [0.1, 0.15) is 0 Å². The van der Waals surface area contributed by atoms with Gasteiger partial charge >= 0.3 is 0 Å². The Morgan fingerprint density at radius 1 is 0.400 bits per heavy atom. The van der Waals surface area contributed by atoms with Crippen molar-refractivity contribution >= 4 is 53.3 Å². The van der Waals surface area contributed by atoms with E-state index in [1.165, 1.54) is 53.1 Å². The third-order valence-corrected chi connectivity index (χ3v) is 10.6. The van der Waals surface area contributed by atoms with Gasteiger partial charge in [-0.2, -0.15) is 0 Å². The highest BCUT2D eigenvalue weighted by Crippen LogP contribution is 2.47. The molecule has 4 nitrogen and oxygen atoms in total. The second-order valence-electron chi connectivity index (χ2n) is 12.4. The van der Waals surface area contributed by atoms with E-state index < -0.39 is 0 Å².